The minimum absolute atomic E-state index is 0.0531. The number of fused-ring (bicyclic) bond motifs is 2. The van der Waals surface area contributed by atoms with E-state index in [9.17, 15) is 9.90 Å². The molecule has 3 aliphatic carbocycles. The van der Waals surface area contributed by atoms with Gasteiger partial charge in [0.25, 0.3) is 0 Å². The van der Waals surface area contributed by atoms with Crippen LogP contribution in [-0.4, -0.2) is 47.4 Å². The molecule has 1 N–H and O–H groups in total. The quantitative estimate of drug-likeness (QED) is 0.269. The lowest BCUT2D eigenvalue weighted by atomic mass is 9.67. The second kappa shape index (κ2) is 13.0. The normalized spacial score (nSPS) is 27.6. The number of carbonyl (C=O) groups excluding carboxylic acids is 1. The highest BCUT2D eigenvalue weighted by Gasteiger charge is 2.65. The predicted molar refractivity (Wildman–Crippen MR) is 172 cm³/mol. The number of carbonyl (C=O) groups is 1. The first-order chi connectivity index (χ1) is 20.5. The van der Waals surface area contributed by atoms with Crippen LogP contribution in [0.5, 0.6) is 0 Å². The average Bonchev–Trinajstić information content (AvgIpc) is 3.35. The van der Waals surface area contributed by atoms with Crippen molar-refractivity contribution >= 4 is 5.97 Å². The third-order valence-corrected chi connectivity index (χ3v) is 11.4. The highest BCUT2D eigenvalue weighted by molar-refractivity contribution is 5.75. The Bertz CT molecular complexity index is 1190. The molecule has 3 fully saturated rings. The summed E-state index contributed by atoms with van der Waals surface area (Å²) >= 11 is 0. The van der Waals surface area contributed by atoms with E-state index in [1.165, 1.54) is 18.4 Å². The Morgan fingerprint density at radius 1 is 0.977 bits per heavy atom. The van der Waals surface area contributed by atoms with E-state index in [0.29, 0.717) is 12.5 Å². The molecule has 236 valence electrons. The van der Waals surface area contributed by atoms with E-state index in [0.717, 1.165) is 50.6 Å². The van der Waals surface area contributed by atoms with E-state index in [1.807, 2.05) is 33.9 Å². The van der Waals surface area contributed by atoms with Crippen LogP contribution in [0.3, 0.4) is 0 Å². The number of aliphatic hydroxyl groups excluding tert-OH is 1. The van der Waals surface area contributed by atoms with Crippen molar-refractivity contribution in [2.45, 2.75) is 116 Å². The minimum Gasteiger partial charge on any atom is -0.460 e. The van der Waals surface area contributed by atoms with E-state index < -0.39 is 17.6 Å². The average molecular weight is 590 g/mol. The third kappa shape index (κ3) is 6.60. The molecule has 3 saturated carbocycles. The Morgan fingerprint density at radius 3 is 2.19 bits per heavy atom. The van der Waals surface area contributed by atoms with Gasteiger partial charge in [-0.2, -0.15) is 0 Å². The SMILES string of the molecule is CO[C@@H]1C[C@H]2CC[C@]1(CN(Cc1ccccc1)[C@H](c1ccccc1)[C@H](C(=O)OC(C)(C)C)[C@@H](O)C1CCCCC1)C2(C)C. The summed E-state index contributed by atoms with van der Waals surface area (Å²) in [5, 5.41) is 12.3. The minimum atomic E-state index is -0.790. The molecule has 0 saturated heterocycles. The molecule has 0 amide bonds. The monoisotopic (exact) mass is 589 g/mol. The Kier molecular flexibility index (Phi) is 9.75. The first kappa shape index (κ1) is 32.2. The number of ether oxygens (including phenoxy) is 2. The molecule has 0 aliphatic heterocycles. The van der Waals surface area contributed by atoms with Gasteiger partial charge in [0, 0.05) is 25.6 Å². The molecule has 2 aromatic carbocycles. The topological polar surface area (TPSA) is 59.0 Å². The van der Waals surface area contributed by atoms with Crippen molar-refractivity contribution in [2.75, 3.05) is 13.7 Å². The Balaban J connectivity index is 1.65. The summed E-state index contributed by atoms with van der Waals surface area (Å²) in [6.07, 6.45) is 8.07. The summed E-state index contributed by atoms with van der Waals surface area (Å²) in [4.78, 5) is 16.9. The molecular formula is C38H55NO4. The first-order valence-corrected chi connectivity index (χ1v) is 16.7. The van der Waals surface area contributed by atoms with Crippen LogP contribution in [0.2, 0.25) is 0 Å². The maximum atomic E-state index is 14.4. The molecule has 0 heterocycles. The molecular weight excluding hydrogens is 534 g/mol. The van der Waals surface area contributed by atoms with Gasteiger partial charge in [0.15, 0.2) is 0 Å². The Hall–Kier alpha value is -2.21. The summed E-state index contributed by atoms with van der Waals surface area (Å²) in [6.45, 7) is 12.1. The van der Waals surface area contributed by atoms with E-state index in [4.69, 9.17) is 9.47 Å². The number of esters is 1. The summed E-state index contributed by atoms with van der Waals surface area (Å²) in [5.41, 5.74) is 1.66. The molecule has 0 unspecified atom stereocenters. The fraction of sp³-hybridized carbons (Fsp3) is 0.658. The van der Waals surface area contributed by atoms with Gasteiger partial charge in [0.2, 0.25) is 0 Å². The Labute approximate surface area is 260 Å². The second-order valence-electron chi connectivity index (χ2n) is 15.3. The number of nitrogens with zero attached hydrogens (tertiary/aromatic N) is 1. The van der Waals surface area contributed by atoms with Crippen LogP contribution in [0.25, 0.3) is 0 Å². The van der Waals surface area contributed by atoms with E-state index >= 15 is 0 Å². The van der Waals surface area contributed by atoms with Gasteiger partial charge in [-0.1, -0.05) is 93.8 Å². The number of benzene rings is 2. The fourth-order valence-corrected chi connectivity index (χ4v) is 9.02. The smallest absolute Gasteiger partial charge is 0.314 e. The van der Waals surface area contributed by atoms with Crippen LogP contribution >= 0.6 is 0 Å². The summed E-state index contributed by atoms with van der Waals surface area (Å²) in [7, 11) is 1.87. The summed E-state index contributed by atoms with van der Waals surface area (Å²) in [6, 6.07) is 20.7. The zero-order valence-corrected chi connectivity index (χ0v) is 27.4. The van der Waals surface area contributed by atoms with Gasteiger partial charge < -0.3 is 14.6 Å². The van der Waals surface area contributed by atoms with Gasteiger partial charge in [-0.05, 0) is 81.3 Å². The molecule has 3 aliphatic rings. The van der Waals surface area contributed by atoms with Gasteiger partial charge in [0.1, 0.15) is 11.5 Å². The lowest BCUT2D eigenvalue weighted by Crippen LogP contribution is -2.53. The van der Waals surface area contributed by atoms with E-state index in [1.54, 1.807) is 0 Å². The number of methoxy groups -OCH3 is 1. The lowest BCUT2D eigenvalue weighted by molar-refractivity contribution is -0.172. The largest absolute Gasteiger partial charge is 0.460 e. The standard InChI is InChI=1S/C38H55NO4/c1-36(2,3)43-35(41)32(34(40)29-20-14-9-15-21-29)33(28-18-12-8-13-19-28)39(25-27-16-10-7-11-17-27)26-38-23-22-30(37(38,4)5)24-31(38)42-6/h7-8,10-13,16-19,29-34,40H,9,14-15,20-26H2,1-6H3/t30-,31-,32+,33-,34+,38-/m1/s1. The van der Waals surface area contributed by atoms with Crippen molar-refractivity contribution in [3.8, 4) is 0 Å². The molecule has 2 aromatic rings. The van der Waals surface area contributed by atoms with Gasteiger partial charge in [0.05, 0.1) is 18.2 Å². The molecule has 2 bridgehead atoms. The predicted octanol–water partition coefficient (Wildman–Crippen LogP) is 7.97. The molecule has 0 aromatic heterocycles. The van der Waals surface area contributed by atoms with Crippen molar-refractivity contribution in [1.29, 1.82) is 0 Å². The third-order valence-electron chi connectivity index (χ3n) is 11.4. The van der Waals surface area contributed by atoms with E-state index in [-0.39, 0.29) is 34.9 Å². The number of rotatable bonds is 11. The molecule has 5 rings (SSSR count). The van der Waals surface area contributed by atoms with Crippen LogP contribution in [-0.2, 0) is 20.8 Å². The first-order valence-electron chi connectivity index (χ1n) is 16.7. The van der Waals surface area contributed by atoms with Crippen LogP contribution in [0, 0.1) is 28.6 Å². The summed E-state index contributed by atoms with van der Waals surface area (Å²) in [5.74, 6) is -0.304. The molecule has 6 atom stereocenters. The van der Waals surface area contributed by atoms with Crippen LogP contribution in [0.4, 0.5) is 0 Å². The van der Waals surface area contributed by atoms with Gasteiger partial charge in [-0.25, -0.2) is 0 Å². The second-order valence-corrected chi connectivity index (χ2v) is 15.3. The van der Waals surface area contributed by atoms with Crippen LogP contribution < -0.4 is 0 Å². The van der Waals surface area contributed by atoms with Gasteiger partial charge in [-0.15, -0.1) is 0 Å². The van der Waals surface area contributed by atoms with Crippen molar-refractivity contribution < 1.29 is 19.4 Å². The van der Waals surface area contributed by atoms with Crippen molar-refractivity contribution in [3.05, 3.63) is 71.8 Å². The number of aliphatic hydroxyl groups is 1. The van der Waals surface area contributed by atoms with Crippen molar-refractivity contribution in [1.82, 2.24) is 4.90 Å². The highest BCUT2D eigenvalue weighted by atomic mass is 16.6. The fourth-order valence-electron chi connectivity index (χ4n) is 9.02. The number of hydrogen-bond acceptors (Lipinski definition) is 5. The van der Waals surface area contributed by atoms with E-state index in [2.05, 4.69) is 73.3 Å². The zero-order valence-electron chi connectivity index (χ0n) is 27.4. The highest BCUT2D eigenvalue weighted by Crippen LogP contribution is 2.67. The number of hydrogen-bond donors (Lipinski definition) is 1. The maximum Gasteiger partial charge on any atom is 0.314 e. The van der Waals surface area contributed by atoms with Gasteiger partial charge in [-0.3, -0.25) is 9.69 Å². The van der Waals surface area contributed by atoms with Crippen LogP contribution in [0.1, 0.15) is 103 Å². The maximum absolute atomic E-state index is 14.4. The Morgan fingerprint density at radius 2 is 1.60 bits per heavy atom. The zero-order chi connectivity index (χ0) is 30.8. The van der Waals surface area contributed by atoms with Crippen molar-refractivity contribution in [3.63, 3.8) is 0 Å². The molecule has 0 spiro atoms. The van der Waals surface area contributed by atoms with Crippen LogP contribution in [0.15, 0.2) is 60.7 Å². The molecule has 5 nitrogen and oxygen atoms in total. The summed E-state index contributed by atoms with van der Waals surface area (Å²) < 4.78 is 12.4. The molecule has 5 heteroatoms. The lowest BCUT2D eigenvalue weighted by Gasteiger charge is -2.49. The van der Waals surface area contributed by atoms with Crippen molar-refractivity contribution in [2.24, 2.45) is 28.6 Å². The molecule has 0 radical (unpaired) electrons. The molecule has 43 heavy (non-hydrogen) atoms. The van der Waals surface area contributed by atoms with Gasteiger partial charge >= 0.3 is 5.97 Å².